The van der Waals surface area contributed by atoms with Crippen molar-refractivity contribution in [2.75, 3.05) is 26.4 Å². The maximum atomic E-state index is 12.4. The molecule has 0 bridgehead atoms. The summed E-state index contributed by atoms with van der Waals surface area (Å²) in [6, 6.07) is 3.59. The molecule has 1 aromatic rings. The van der Waals surface area contributed by atoms with Crippen LogP contribution in [0.4, 0.5) is 13.2 Å². The lowest BCUT2D eigenvalue weighted by Gasteiger charge is -2.34. The number of benzene rings is 1. The van der Waals surface area contributed by atoms with Crippen LogP contribution in [0.25, 0.3) is 0 Å². The molecule has 4 nitrogen and oxygen atoms in total. The molecule has 0 spiro atoms. The normalized spacial score (nSPS) is 20.0. The van der Waals surface area contributed by atoms with Gasteiger partial charge < -0.3 is 14.7 Å². The molecular weight excluding hydrogens is 275 g/mol. The highest BCUT2D eigenvalue weighted by atomic mass is 19.4. The Balaban J connectivity index is 2.16. The number of rotatable bonds is 2. The minimum Gasteiger partial charge on any atom is -0.394 e. The number of ether oxygens (including phenoxy) is 1. The number of halogens is 3. The molecule has 1 heterocycles. The molecule has 1 aromatic carbocycles. The van der Waals surface area contributed by atoms with E-state index in [9.17, 15) is 23.1 Å². The molecule has 1 N–H and O–H groups in total. The van der Waals surface area contributed by atoms with Crippen molar-refractivity contribution in [1.29, 1.82) is 0 Å². The lowest BCUT2D eigenvalue weighted by atomic mass is 10.1. The summed E-state index contributed by atoms with van der Waals surface area (Å²) in [6.45, 7) is 0.642. The van der Waals surface area contributed by atoms with Crippen LogP contribution in [0.1, 0.15) is 15.9 Å². The summed E-state index contributed by atoms with van der Waals surface area (Å²) >= 11 is 0. The molecule has 1 aliphatic rings. The Morgan fingerprint density at radius 3 is 2.55 bits per heavy atom. The van der Waals surface area contributed by atoms with E-state index in [1.165, 1.54) is 4.90 Å². The van der Waals surface area contributed by atoms with Crippen molar-refractivity contribution in [2.24, 2.45) is 0 Å². The van der Waals surface area contributed by atoms with E-state index in [0.29, 0.717) is 13.2 Å². The third-order valence-corrected chi connectivity index (χ3v) is 3.16. The summed E-state index contributed by atoms with van der Waals surface area (Å²) in [7, 11) is 0. The van der Waals surface area contributed by atoms with E-state index in [1.54, 1.807) is 0 Å². The fourth-order valence-corrected chi connectivity index (χ4v) is 2.04. The van der Waals surface area contributed by atoms with Crippen molar-refractivity contribution in [1.82, 2.24) is 4.90 Å². The average Bonchev–Trinajstić information content (AvgIpc) is 2.45. The van der Waals surface area contributed by atoms with E-state index in [2.05, 4.69) is 0 Å². The molecule has 1 atom stereocenters. The van der Waals surface area contributed by atoms with Gasteiger partial charge in [0, 0.05) is 12.1 Å². The van der Waals surface area contributed by atoms with Crippen molar-refractivity contribution in [3.63, 3.8) is 0 Å². The number of aliphatic hydroxyl groups excluding tert-OH is 1. The summed E-state index contributed by atoms with van der Waals surface area (Å²) < 4.78 is 42.5. The molecule has 0 aliphatic carbocycles. The lowest BCUT2D eigenvalue weighted by molar-refractivity contribution is -0.137. The van der Waals surface area contributed by atoms with Crippen LogP contribution < -0.4 is 0 Å². The predicted molar refractivity (Wildman–Crippen MR) is 64.2 cm³/mol. The number of alkyl halides is 3. The monoisotopic (exact) mass is 289 g/mol. The second-order valence-electron chi connectivity index (χ2n) is 4.48. The van der Waals surface area contributed by atoms with Gasteiger partial charge in [0.15, 0.2) is 0 Å². The minimum absolute atomic E-state index is 0.165. The zero-order chi connectivity index (χ0) is 14.8. The Bertz CT molecular complexity index is 473. The van der Waals surface area contributed by atoms with Crippen LogP contribution in [0.2, 0.25) is 0 Å². The molecular formula is C13H14F3NO3. The van der Waals surface area contributed by atoms with Crippen molar-refractivity contribution in [3.05, 3.63) is 35.4 Å². The maximum Gasteiger partial charge on any atom is 0.416 e. The number of nitrogens with zero attached hydrogens (tertiary/aromatic N) is 1. The summed E-state index contributed by atoms with van der Waals surface area (Å²) in [5.41, 5.74) is -0.631. The van der Waals surface area contributed by atoms with Crippen LogP contribution in [0.15, 0.2) is 24.3 Å². The van der Waals surface area contributed by atoms with Gasteiger partial charge in [-0.05, 0) is 24.3 Å². The van der Waals surface area contributed by atoms with Crippen molar-refractivity contribution in [3.8, 4) is 0 Å². The summed E-state index contributed by atoms with van der Waals surface area (Å²) in [5.74, 6) is -0.402. The number of amides is 1. The zero-order valence-corrected chi connectivity index (χ0v) is 10.6. The van der Waals surface area contributed by atoms with Crippen molar-refractivity contribution in [2.45, 2.75) is 12.2 Å². The van der Waals surface area contributed by atoms with E-state index in [0.717, 1.165) is 24.3 Å². The summed E-state index contributed by atoms with van der Waals surface area (Å²) in [6.07, 6.45) is -4.42. The van der Waals surface area contributed by atoms with Crippen LogP contribution >= 0.6 is 0 Å². The van der Waals surface area contributed by atoms with Gasteiger partial charge in [0.05, 0.1) is 31.4 Å². The molecule has 1 fully saturated rings. The maximum absolute atomic E-state index is 12.4. The predicted octanol–water partition coefficient (Wildman–Crippen LogP) is 1.54. The number of aliphatic hydroxyl groups is 1. The smallest absolute Gasteiger partial charge is 0.394 e. The van der Waals surface area contributed by atoms with Crippen molar-refractivity contribution < 1.29 is 27.8 Å². The molecule has 0 radical (unpaired) electrons. The van der Waals surface area contributed by atoms with E-state index in [4.69, 9.17) is 4.74 Å². The van der Waals surface area contributed by atoms with Crippen LogP contribution in [0, 0.1) is 0 Å². The Kier molecular flexibility index (Phi) is 4.29. The van der Waals surface area contributed by atoms with Gasteiger partial charge in [0.25, 0.3) is 5.91 Å². The SMILES string of the molecule is O=C(c1ccc(C(F)(F)F)cc1)N1CCOCC1CO. The lowest BCUT2D eigenvalue weighted by Crippen LogP contribution is -2.50. The molecule has 1 saturated heterocycles. The zero-order valence-electron chi connectivity index (χ0n) is 10.6. The first kappa shape index (κ1) is 14.8. The second kappa shape index (κ2) is 5.80. The van der Waals surface area contributed by atoms with Crippen LogP contribution in [0.5, 0.6) is 0 Å². The number of morpholine rings is 1. The number of carbonyl (C=O) groups excluding carboxylic acids is 1. The summed E-state index contributed by atoms with van der Waals surface area (Å²) in [5, 5.41) is 9.19. The first-order valence-electron chi connectivity index (χ1n) is 6.10. The highest BCUT2D eigenvalue weighted by molar-refractivity contribution is 5.94. The molecule has 1 unspecified atom stereocenters. The van der Waals surface area contributed by atoms with E-state index < -0.39 is 23.7 Å². The highest BCUT2D eigenvalue weighted by Gasteiger charge is 2.31. The molecule has 110 valence electrons. The van der Waals surface area contributed by atoms with Crippen LogP contribution in [-0.2, 0) is 10.9 Å². The minimum atomic E-state index is -4.42. The summed E-state index contributed by atoms with van der Waals surface area (Å²) in [4.78, 5) is 13.6. The van der Waals surface area contributed by atoms with Gasteiger partial charge in [0.1, 0.15) is 0 Å². The Morgan fingerprint density at radius 2 is 2.00 bits per heavy atom. The molecule has 0 saturated carbocycles. The molecule has 1 amide bonds. The second-order valence-corrected chi connectivity index (χ2v) is 4.48. The average molecular weight is 289 g/mol. The van der Waals surface area contributed by atoms with Gasteiger partial charge >= 0.3 is 6.18 Å². The Hall–Kier alpha value is -1.60. The Labute approximate surface area is 113 Å². The molecule has 20 heavy (non-hydrogen) atoms. The van der Waals surface area contributed by atoms with Crippen LogP contribution in [-0.4, -0.2) is 48.3 Å². The van der Waals surface area contributed by atoms with Gasteiger partial charge in [-0.1, -0.05) is 0 Å². The van der Waals surface area contributed by atoms with E-state index in [1.807, 2.05) is 0 Å². The van der Waals surface area contributed by atoms with Crippen molar-refractivity contribution >= 4 is 5.91 Å². The third-order valence-electron chi connectivity index (χ3n) is 3.16. The largest absolute Gasteiger partial charge is 0.416 e. The molecule has 7 heteroatoms. The van der Waals surface area contributed by atoms with Gasteiger partial charge in [-0.3, -0.25) is 4.79 Å². The van der Waals surface area contributed by atoms with Gasteiger partial charge in [-0.2, -0.15) is 13.2 Å². The molecule has 1 aliphatic heterocycles. The number of carbonyl (C=O) groups is 1. The molecule has 0 aromatic heterocycles. The number of hydrogen-bond donors (Lipinski definition) is 1. The van der Waals surface area contributed by atoms with E-state index in [-0.39, 0.29) is 18.8 Å². The van der Waals surface area contributed by atoms with Gasteiger partial charge in [-0.25, -0.2) is 0 Å². The van der Waals surface area contributed by atoms with Gasteiger partial charge in [-0.15, -0.1) is 0 Å². The Morgan fingerprint density at radius 1 is 1.35 bits per heavy atom. The van der Waals surface area contributed by atoms with Crippen LogP contribution in [0.3, 0.4) is 0 Å². The van der Waals surface area contributed by atoms with Gasteiger partial charge in [0.2, 0.25) is 0 Å². The first-order chi connectivity index (χ1) is 9.43. The topological polar surface area (TPSA) is 49.8 Å². The highest BCUT2D eigenvalue weighted by Crippen LogP contribution is 2.29. The fourth-order valence-electron chi connectivity index (χ4n) is 2.04. The molecule has 2 rings (SSSR count). The fraction of sp³-hybridized carbons (Fsp3) is 0.462. The first-order valence-corrected chi connectivity index (χ1v) is 6.10. The van der Waals surface area contributed by atoms with E-state index >= 15 is 0 Å². The standard InChI is InChI=1S/C13H14F3NO3/c14-13(15,16)10-3-1-9(2-4-10)12(19)17-5-6-20-8-11(17)7-18/h1-4,11,18H,5-8H2. The third kappa shape index (κ3) is 3.10. The quantitative estimate of drug-likeness (QED) is 0.898. The number of hydrogen-bond acceptors (Lipinski definition) is 3.